The average molecular weight is 430 g/mol. The van der Waals surface area contributed by atoms with Gasteiger partial charge in [-0.3, -0.25) is 9.69 Å². The maximum Gasteiger partial charge on any atom is 0.257 e. The van der Waals surface area contributed by atoms with E-state index in [1.54, 1.807) is 5.01 Å². The summed E-state index contributed by atoms with van der Waals surface area (Å²) in [7, 11) is 0. The Morgan fingerprint density at radius 2 is 1.69 bits per heavy atom. The maximum absolute atomic E-state index is 13.3. The highest BCUT2D eigenvalue weighted by Gasteiger charge is 2.35. The molecule has 4 rings (SSSR count). The number of hydrogen-bond donors (Lipinski definition) is 0. The number of amides is 1. The molecule has 2 aromatic carbocycles. The van der Waals surface area contributed by atoms with Crippen molar-refractivity contribution < 1.29 is 4.79 Å². The number of nitrogens with zero attached hydrogens (tertiary/aromatic N) is 3. The molecule has 2 aliphatic heterocycles. The Morgan fingerprint density at radius 1 is 1.03 bits per heavy atom. The summed E-state index contributed by atoms with van der Waals surface area (Å²) in [5, 5.41) is 7.64. The predicted octanol–water partition coefficient (Wildman–Crippen LogP) is 5.40. The molecule has 1 saturated heterocycles. The van der Waals surface area contributed by atoms with Gasteiger partial charge in [-0.25, -0.2) is 5.01 Å². The molecular weight excluding hydrogens is 405 g/mol. The molecule has 0 spiro atoms. The van der Waals surface area contributed by atoms with Gasteiger partial charge >= 0.3 is 0 Å². The SMILES string of the molecule is CC1CCN(CC(=O)N2N=C(c3ccccc3Cl)C[C@@H]2c2ccccc2Cl)CC1. The van der Waals surface area contributed by atoms with Crippen molar-refractivity contribution in [1.29, 1.82) is 0 Å². The van der Waals surface area contributed by atoms with E-state index in [2.05, 4.69) is 11.8 Å². The first-order chi connectivity index (χ1) is 14.0. The minimum atomic E-state index is -0.216. The van der Waals surface area contributed by atoms with Crippen molar-refractivity contribution in [3.8, 4) is 0 Å². The molecule has 152 valence electrons. The normalized spacial score (nSPS) is 20.7. The summed E-state index contributed by atoms with van der Waals surface area (Å²) in [6, 6.07) is 15.1. The minimum Gasteiger partial charge on any atom is -0.294 e. The van der Waals surface area contributed by atoms with Gasteiger partial charge in [-0.2, -0.15) is 5.10 Å². The molecule has 29 heavy (non-hydrogen) atoms. The number of halogens is 2. The first-order valence-electron chi connectivity index (χ1n) is 10.1. The zero-order valence-electron chi connectivity index (χ0n) is 16.5. The van der Waals surface area contributed by atoms with Gasteiger partial charge in [0.15, 0.2) is 0 Å². The van der Waals surface area contributed by atoms with E-state index in [0.717, 1.165) is 48.7 Å². The Kier molecular flexibility index (Phi) is 6.23. The lowest BCUT2D eigenvalue weighted by Crippen LogP contribution is -2.41. The van der Waals surface area contributed by atoms with Gasteiger partial charge < -0.3 is 0 Å². The maximum atomic E-state index is 13.3. The van der Waals surface area contributed by atoms with Crippen LogP contribution in [0.5, 0.6) is 0 Å². The van der Waals surface area contributed by atoms with Gasteiger partial charge in [0.1, 0.15) is 0 Å². The average Bonchev–Trinajstić information content (AvgIpc) is 3.15. The fraction of sp³-hybridized carbons (Fsp3) is 0.391. The lowest BCUT2D eigenvalue weighted by atomic mass is 9.98. The molecule has 2 heterocycles. The molecule has 0 unspecified atom stereocenters. The van der Waals surface area contributed by atoms with Crippen LogP contribution in [0.2, 0.25) is 10.0 Å². The Labute approximate surface area is 182 Å². The summed E-state index contributed by atoms with van der Waals surface area (Å²) in [6.07, 6.45) is 2.86. The van der Waals surface area contributed by atoms with Gasteiger partial charge in [-0.15, -0.1) is 0 Å². The molecule has 0 aromatic heterocycles. The number of hydrazone groups is 1. The second-order valence-corrected chi connectivity index (χ2v) is 8.78. The zero-order chi connectivity index (χ0) is 20.4. The third kappa shape index (κ3) is 4.50. The van der Waals surface area contributed by atoms with Crippen LogP contribution < -0.4 is 0 Å². The van der Waals surface area contributed by atoms with Crippen LogP contribution in [0, 0.1) is 5.92 Å². The molecular formula is C23H25Cl2N3O. The third-order valence-electron chi connectivity index (χ3n) is 5.85. The van der Waals surface area contributed by atoms with E-state index < -0.39 is 0 Å². The molecule has 0 N–H and O–H groups in total. The zero-order valence-corrected chi connectivity index (χ0v) is 18.0. The van der Waals surface area contributed by atoms with Crippen LogP contribution in [0.25, 0.3) is 0 Å². The highest BCUT2D eigenvalue weighted by Crippen LogP contribution is 2.37. The fourth-order valence-electron chi connectivity index (χ4n) is 4.07. The second kappa shape index (κ2) is 8.86. The van der Waals surface area contributed by atoms with Crippen molar-refractivity contribution in [2.24, 2.45) is 11.0 Å². The van der Waals surface area contributed by atoms with E-state index in [0.29, 0.717) is 23.0 Å². The van der Waals surface area contributed by atoms with Gasteiger partial charge in [-0.05, 0) is 49.5 Å². The smallest absolute Gasteiger partial charge is 0.257 e. The number of piperidine rings is 1. The molecule has 2 aliphatic rings. The summed E-state index contributed by atoms with van der Waals surface area (Å²) in [4.78, 5) is 15.5. The molecule has 1 amide bonds. The van der Waals surface area contributed by atoms with Crippen LogP contribution in [-0.4, -0.2) is 41.2 Å². The van der Waals surface area contributed by atoms with Gasteiger partial charge in [0.05, 0.1) is 18.3 Å². The molecule has 6 heteroatoms. The fourth-order valence-corrected chi connectivity index (χ4v) is 4.58. The Bertz CT molecular complexity index is 922. The number of carbonyl (C=O) groups is 1. The standard InChI is InChI=1S/C23H25Cl2N3O/c1-16-10-12-27(13-11-16)15-23(29)28-22(18-7-3-5-9-20(18)25)14-21(26-28)17-6-2-4-8-19(17)24/h2-9,16,22H,10-15H2,1H3/t22-/m1/s1. The van der Waals surface area contributed by atoms with Crippen molar-refractivity contribution in [2.75, 3.05) is 19.6 Å². The second-order valence-electron chi connectivity index (χ2n) is 7.96. The molecule has 0 radical (unpaired) electrons. The van der Waals surface area contributed by atoms with Crippen molar-refractivity contribution in [3.63, 3.8) is 0 Å². The largest absolute Gasteiger partial charge is 0.294 e. The van der Waals surface area contributed by atoms with Gasteiger partial charge in [-0.1, -0.05) is 66.5 Å². The molecule has 4 nitrogen and oxygen atoms in total. The molecule has 0 saturated carbocycles. The van der Waals surface area contributed by atoms with E-state index in [4.69, 9.17) is 28.3 Å². The van der Waals surface area contributed by atoms with Crippen LogP contribution in [0.15, 0.2) is 53.6 Å². The van der Waals surface area contributed by atoms with Crippen molar-refractivity contribution >= 4 is 34.8 Å². The van der Waals surface area contributed by atoms with Crippen molar-refractivity contribution in [1.82, 2.24) is 9.91 Å². The van der Waals surface area contributed by atoms with E-state index in [-0.39, 0.29) is 11.9 Å². The van der Waals surface area contributed by atoms with Gasteiger partial charge in [0.2, 0.25) is 0 Å². The number of likely N-dealkylation sites (tertiary alicyclic amines) is 1. The minimum absolute atomic E-state index is 0.00604. The Morgan fingerprint density at radius 3 is 2.38 bits per heavy atom. The van der Waals surface area contributed by atoms with E-state index in [9.17, 15) is 4.79 Å². The van der Waals surface area contributed by atoms with Gasteiger partial charge in [0.25, 0.3) is 5.91 Å². The topological polar surface area (TPSA) is 35.9 Å². The summed E-state index contributed by atoms with van der Waals surface area (Å²) in [6.45, 7) is 4.57. The third-order valence-corrected chi connectivity index (χ3v) is 6.52. The Hall–Kier alpha value is -1.88. The first-order valence-corrected chi connectivity index (χ1v) is 10.9. The van der Waals surface area contributed by atoms with Crippen LogP contribution in [0.4, 0.5) is 0 Å². The molecule has 0 bridgehead atoms. The monoisotopic (exact) mass is 429 g/mol. The lowest BCUT2D eigenvalue weighted by Gasteiger charge is -2.31. The van der Waals surface area contributed by atoms with Crippen molar-refractivity contribution in [2.45, 2.75) is 32.2 Å². The van der Waals surface area contributed by atoms with E-state index in [1.807, 2.05) is 48.5 Å². The summed E-state index contributed by atoms with van der Waals surface area (Å²) in [5.74, 6) is 0.736. The van der Waals surface area contributed by atoms with Crippen LogP contribution in [0.1, 0.15) is 43.4 Å². The number of benzene rings is 2. The Balaban J connectivity index is 1.61. The van der Waals surface area contributed by atoms with Gasteiger partial charge in [0, 0.05) is 22.0 Å². The van der Waals surface area contributed by atoms with Crippen molar-refractivity contribution in [3.05, 3.63) is 69.7 Å². The summed E-state index contributed by atoms with van der Waals surface area (Å²) in [5.41, 5.74) is 2.61. The molecule has 1 fully saturated rings. The molecule has 2 aromatic rings. The number of carbonyl (C=O) groups excluding carboxylic acids is 1. The lowest BCUT2D eigenvalue weighted by molar-refractivity contribution is -0.134. The number of rotatable bonds is 4. The van der Waals surface area contributed by atoms with Crippen LogP contribution in [0.3, 0.4) is 0 Å². The summed E-state index contributed by atoms with van der Waals surface area (Å²) < 4.78 is 0. The van der Waals surface area contributed by atoms with Crippen LogP contribution >= 0.6 is 23.2 Å². The quantitative estimate of drug-likeness (QED) is 0.651. The highest BCUT2D eigenvalue weighted by atomic mass is 35.5. The number of hydrogen-bond acceptors (Lipinski definition) is 3. The molecule has 1 atom stereocenters. The van der Waals surface area contributed by atoms with E-state index in [1.165, 1.54) is 0 Å². The molecule has 0 aliphatic carbocycles. The summed E-state index contributed by atoms with van der Waals surface area (Å²) >= 11 is 12.9. The van der Waals surface area contributed by atoms with Crippen LogP contribution in [-0.2, 0) is 4.79 Å². The first kappa shape index (κ1) is 20.4. The highest BCUT2D eigenvalue weighted by molar-refractivity contribution is 6.34. The van der Waals surface area contributed by atoms with E-state index >= 15 is 0 Å². The predicted molar refractivity (Wildman–Crippen MR) is 118 cm³/mol.